The summed E-state index contributed by atoms with van der Waals surface area (Å²) in [5.74, 6) is 0. The monoisotopic (exact) mass is 480 g/mol. The van der Waals surface area contributed by atoms with Crippen LogP contribution in [0.25, 0.3) is 23.1 Å². The summed E-state index contributed by atoms with van der Waals surface area (Å²) in [4.78, 5) is 12.5. The quantitative estimate of drug-likeness (QED) is 0.232. The van der Waals surface area contributed by atoms with Gasteiger partial charge in [-0.3, -0.25) is 9.97 Å². The van der Waals surface area contributed by atoms with Crippen molar-refractivity contribution in [3.63, 3.8) is 0 Å². The standard InChI is InChI=1S/C29H32N6O/c1-4-36-16-6-14-31-19-24-8-5-7-23(34-24)9-10-26-21(3)33-18-22(17-30)29(26)35-27-11-12-28-25(20(27)2)13-15-32-28/h5,7-13,15,18,31-32H,4,6,14,16,19H2,1-3H3,(H,33,35). The average molecular weight is 481 g/mol. The minimum atomic E-state index is 0.492. The van der Waals surface area contributed by atoms with Gasteiger partial charge in [0.1, 0.15) is 6.07 Å². The zero-order valence-electron chi connectivity index (χ0n) is 21.1. The van der Waals surface area contributed by atoms with Crippen molar-refractivity contribution in [2.75, 3.05) is 25.1 Å². The van der Waals surface area contributed by atoms with E-state index in [4.69, 9.17) is 9.72 Å². The minimum absolute atomic E-state index is 0.492. The molecule has 7 heteroatoms. The van der Waals surface area contributed by atoms with E-state index in [0.29, 0.717) is 12.1 Å². The number of benzene rings is 1. The van der Waals surface area contributed by atoms with E-state index in [9.17, 15) is 5.26 Å². The van der Waals surface area contributed by atoms with Gasteiger partial charge >= 0.3 is 0 Å². The van der Waals surface area contributed by atoms with Crippen molar-refractivity contribution in [3.8, 4) is 6.07 Å². The van der Waals surface area contributed by atoms with Gasteiger partial charge in [0.25, 0.3) is 0 Å². The Balaban J connectivity index is 1.56. The summed E-state index contributed by atoms with van der Waals surface area (Å²) in [7, 11) is 0. The molecule has 7 nitrogen and oxygen atoms in total. The SMILES string of the molecule is CCOCCCNCc1cccc(C=Cc2c(C)ncc(C#N)c2Nc2ccc3[nH]ccc3c2C)n1. The first kappa shape index (κ1) is 25.1. The minimum Gasteiger partial charge on any atom is -0.382 e. The second-order valence-electron chi connectivity index (χ2n) is 8.57. The Hall–Kier alpha value is -3.99. The smallest absolute Gasteiger partial charge is 0.103 e. The van der Waals surface area contributed by atoms with Gasteiger partial charge in [0.15, 0.2) is 0 Å². The molecular formula is C29H32N6O. The number of fused-ring (bicyclic) bond motifs is 1. The van der Waals surface area contributed by atoms with Gasteiger partial charge in [-0.1, -0.05) is 6.07 Å². The Labute approximate surface area is 212 Å². The number of aromatic amines is 1. The third-order valence-corrected chi connectivity index (χ3v) is 6.10. The topological polar surface area (TPSA) is 98.6 Å². The molecule has 0 radical (unpaired) electrons. The predicted octanol–water partition coefficient (Wildman–Crippen LogP) is 5.88. The number of hydrogen-bond acceptors (Lipinski definition) is 6. The fourth-order valence-corrected chi connectivity index (χ4v) is 4.12. The molecule has 3 aromatic heterocycles. The maximum Gasteiger partial charge on any atom is 0.103 e. The summed E-state index contributed by atoms with van der Waals surface area (Å²) in [6.07, 6.45) is 8.48. The van der Waals surface area contributed by atoms with Gasteiger partial charge in [0.2, 0.25) is 0 Å². The van der Waals surface area contributed by atoms with E-state index >= 15 is 0 Å². The number of aryl methyl sites for hydroxylation is 2. The van der Waals surface area contributed by atoms with Gasteiger partial charge in [0.05, 0.1) is 22.6 Å². The van der Waals surface area contributed by atoms with Crippen LogP contribution in [0.1, 0.15) is 47.1 Å². The highest BCUT2D eigenvalue weighted by molar-refractivity contribution is 5.90. The van der Waals surface area contributed by atoms with Crippen LogP contribution in [-0.4, -0.2) is 34.7 Å². The largest absolute Gasteiger partial charge is 0.382 e. The summed E-state index contributed by atoms with van der Waals surface area (Å²) in [5, 5.41) is 17.9. The molecule has 0 spiro atoms. The molecule has 184 valence electrons. The molecule has 0 aliphatic heterocycles. The lowest BCUT2D eigenvalue weighted by Crippen LogP contribution is -2.17. The maximum absolute atomic E-state index is 9.81. The number of pyridine rings is 2. The zero-order valence-corrected chi connectivity index (χ0v) is 21.1. The molecule has 0 atom stereocenters. The molecule has 0 saturated heterocycles. The fourth-order valence-electron chi connectivity index (χ4n) is 4.12. The second kappa shape index (κ2) is 12.1. The molecule has 0 bridgehead atoms. The van der Waals surface area contributed by atoms with Crippen LogP contribution in [0.4, 0.5) is 11.4 Å². The summed E-state index contributed by atoms with van der Waals surface area (Å²) in [5.41, 5.74) is 7.91. The van der Waals surface area contributed by atoms with Crippen molar-refractivity contribution >= 4 is 34.4 Å². The van der Waals surface area contributed by atoms with Crippen LogP contribution >= 0.6 is 0 Å². The third kappa shape index (κ3) is 5.98. The first-order valence-corrected chi connectivity index (χ1v) is 12.3. The highest BCUT2D eigenvalue weighted by Crippen LogP contribution is 2.32. The number of hydrogen-bond donors (Lipinski definition) is 3. The van der Waals surface area contributed by atoms with Crippen LogP contribution in [-0.2, 0) is 11.3 Å². The van der Waals surface area contributed by atoms with Crippen molar-refractivity contribution in [1.29, 1.82) is 5.26 Å². The van der Waals surface area contributed by atoms with E-state index < -0.39 is 0 Å². The number of nitrogens with one attached hydrogen (secondary N) is 3. The van der Waals surface area contributed by atoms with Gasteiger partial charge in [-0.25, -0.2) is 0 Å². The van der Waals surface area contributed by atoms with Crippen LogP contribution < -0.4 is 10.6 Å². The number of aromatic nitrogens is 3. The summed E-state index contributed by atoms with van der Waals surface area (Å²) >= 11 is 0. The number of rotatable bonds is 11. The first-order chi connectivity index (χ1) is 17.6. The predicted molar refractivity (Wildman–Crippen MR) is 146 cm³/mol. The number of nitrogens with zero attached hydrogens (tertiary/aromatic N) is 3. The number of anilines is 2. The summed E-state index contributed by atoms with van der Waals surface area (Å²) < 4.78 is 5.38. The first-order valence-electron chi connectivity index (χ1n) is 12.3. The number of H-pyrrole nitrogens is 1. The van der Waals surface area contributed by atoms with E-state index in [1.807, 2.05) is 62.5 Å². The molecule has 0 aliphatic rings. The van der Waals surface area contributed by atoms with Crippen molar-refractivity contribution in [2.45, 2.75) is 33.7 Å². The van der Waals surface area contributed by atoms with E-state index in [1.54, 1.807) is 6.20 Å². The molecule has 0 amide bonds. The van der Waals surface area contributed by atoms with E-state index in [1.165, 1.54) is 0 Å². The molecule has 0 aliphatic carbocycles. The lowest BCUT2D eigenvalue weighted by molar-refractivity contribution is 0.144. The lowest BCUT2D eigenvalue weighted by Gasteiger charge is -2.16. The van der Waals surface area contributed by atoms with Crippen LogP contribution in [0.5, 0.6) is 0 Å². The Morgan fingerprint density at radius 3 is 2.86 bits per heavy atom. The van der Waals surface area contributed by atoms with Gasteiger partial charge < -0.3 is 20.4 Å². The molecule has 0 unspecified atom stereocenters. The molecule has 1 aromatic carbocycles. The van der Waals surface area contributed by atoms with E-state index in [2.05, 4.69) is 39.7 Å². The van der Waals surface area contributed by atoms with Crippen LogP contribution in [0.2, 0.25) is 0 Å². The average Bonchev–Trinajstić information content (AvgIpc) is 3.38. The van der Waals surface area contributed by atoms with Gasteiger partial charge in [-0.15, -0.1) is 0 Å². The number of nitriles is 1. The molecule has 0 saturated carbocycles. The van der Waals surface area contributed by atoms with Crippen LogP contribution in [0.15, 0.2) is 48.8 Å². The fraction of sp³-hybridized carbons (Fsp3) is 0.276. The Morgan fingerprint density at radius 2 is 2.03 bits per heavy atom. The van der Waals surface area contributed by atoms with Gasteiger partial charge in [-0.05, 0) is 81.8 Å². The normalized spacial score (nSPS) is 11.3. The molecule has 4 rings (SSSR count). The van der Waals surface area contributed by atoms with Gasteiger partial charge in [0, 0.05) is 60.0 Å². The van der Waals surface area contributed by atoms with Crippen molar-refractivity contribution < 1.29 is 4.74 Å². The van der Waals surface area contributed by atoms with E-state index in [0.717, 1.165) is 76.7 Å². The molecule has 4 aromatic rings. The molecular weight excluding hydrogens is 448 g/mol. The van der Waals surface area contributed by atoms with Gasteiger partial charge in [-0.2, -0.15) is 5.26 Å². The maximum atomic E-state index is 9.81. The third-order valence-electron chi connectivity index (χ3n) is 6.10. The molecule has 3 N–H and O–H groups in total. The van der Waals surface area contributed by atoms with Crippen molar-refractivity contribution in [1.82, 2.24) is 20.3 Å². The Morgan fingerprint density at radius 1 is 1.14 bits per heavy atom. The summed E-state index contributed by atoms with van der Waals surface area (Å²) in [6, 6.07) is 14.4. The van der Waals surface area contributed by atoms with Crippen molar-refractivity contribution in [3.05, 3.63) is 82.6 Å². The Bertz CT molecular complexity index is 1400. The molecule has 36 heavy (non-hydrogen) atoms. The lowest BCUT2D eigenvalue weighted by atomic mass is 10.0. The Kier molecular flexibility index (Phi) is 8.45. The van der Waals surface area contributed by atoms with Crippen molar-refractivity contribution in [2.24, 2.45) is 0 Å². The number of ether oxygens (including phenoxy) is 1. The summed E-state index contributed by atoms with van der Waals surface area (Å²) in [6.45, 7) is 9.14. The van der Waals surface area contributed by atoms with Crippen LogP contribution in [0.3, 0.4) is 0 Å². The highest BCUT2D eigenvalue weighted by Gasteiger charge is 2.13. The second-order valence-corrected chi connectivity index (χ2v) is 8.57. The van der Waals surface area contributed by atoms with Crippen LogP contribution in [0, 0.1) is 25.2 Å². The highest BCUT2D eigenvalue weighted by atomic mass is 16.5. The molecule has 0 fully saturated rings. The van der Waals surface area contributed by atoms with E-state index in [-0.39, 0.29) is 0 Å². The molecule has 3 heterocycles. The zero-order chi connectivity index (χ0) is 25.3.